The van der Waals surface area contributed by atoms with E-state index in [0.29, 0.717) is 10.2 Å². The van der Waals surface area contributed by atoms with E-state index in [0.717, 1.165) is 26.2 Å². The Balaban J connectivity index is 1.67. The van der Waals surface area contributed by atoms with E-state index in [9.17, 15) is 0 Å². The minimum atomic E-state index is 0.703. The summed E-state index contributed by atoms with van der Waals surface area (Å²) in [6.45, 7) is 3.31. The molecule has 3 rings (SSSR count). The lowest BCUT2D eigenvalue weighted by Gasteiger charge is -2.23. The molecule has 118 valence electrons. The average Bonchev–Trinajstić information content (AvgIpc) is 2.70. The average molecular weight is 342 g/mol. The summed E-state index contributed by atoms with van der Waals surface area (Å²) in [4.78, 5) is 4.34. The van der Waals surface area contributed by atoms with E-state index < -0.39 is 0 Å². The van der Waals surface area contributed by atoms with Crippen LogP contribution in [0.25, 0.3) is 0 Å². The van der Waals surface area contributed by atoms with E-state index in [4.69, 9.17) is 24.4 Å². The van der Waals surface area contributed by atoms with Gasteiger partial charge in [0.1, 0.15) is 0 Å². The van der Waals surface area contributed by atoms with Gasteiger partial charge in [0.2, 0.25) is 0 Å². The fourth-order valence-electron chi connectivity index (χ4n) is 2.60. The van der Waals surface area contributed by atoms with Crippen LogP contribution in [0.5, 0.6) is 0 Å². The van der Waals surface area contributed by atoms with E-state index in [2.05, 4.69) is 63.6 Å². The second-order valence-corrected chi connectivity index (χ2v) is 6.32. The Labute approximate surface area is 147 Å². The second kappa shape index (κ2) is 7.53. The molecule has 0 aliphatic carbocycles. The van der Waals surface area contributed by atoms with Gasteiger partial charge in [-0.3, -0.25) is 0 Å². The zero-order chi connectivity index (χ0) is 16.1. The van der Waals surface area contributed by atoms with Crippen molar-refractivity contribution in [2.24, 2.45) is 0 Å². The number of hydrogen-bond acceptors (Lipinski definition) is 2. The molecule has 0 aromatic heterocycles. The molecule has 0 spiro atoms. The van der Waals surface area contributed by atoms with Crippen molar-refractivity contribution in [3.05, 3.63) is 71.8 Å². The standard InChI is InChI=1S/C18H19N3S2/c22-17-19-18(23)21(14-16-9-5-2-6-10-16)12-11-20(17)13-15-7-3-1-4-8-15/h1-10H,11-14H2,(H,19,22,23). The first-order valence-corrected chi connectivity index (χ1v) is 8.47. The van der Waals surface area contributed by atoms with Crippen molar-refractivity contribution in [1.29, 1.82) is 0 Å². The largest absolute Gasteiger partial charge is 0.343 e. The van der Waals surface area contributed by atoms with Crippen molar-refractivity contribution in [3.63, 3.8) is 0 Å². The molecule has 3 nitrogen and oxygen atoms in total. The van der Waals surface area contributed by atoms with Crippen molar-refractivity contribution < 1.29 is 0 Å². The van der Waals surface area contributed by atoms with Crippen LogP contribution in [-0.2, 0) is 13.1 Å². The zero-order valence-corrected chi connectivity index (χ0v) is 14.4. The number of benzene rings is 2. The molecule has 1 heterocycles. The molecule has 0 radical (unpaired) electrons. The summed E-state index contributed by atoms with van der Waals surface area (Å²) < 4.78 is 0. The van der Waals surface area contributed by atoms with Crippen molar-refractivity contribution in [2.75, 3.05) is 13.1 Å². The number of thiocarbonyl (C=S) groups is 2. The first-order chi connectivity index (χ1) is 11.2. The number of rotatable bonds is 4. The first-order valence-electron chi connectivity index (χ1n) is 7.65. The highest BCUT2D eigenvalue weighted by atomic mass is 32.1. The van der Waals surface area contributed by atoms with Gasteiger partial charge in [-0.1, -0.05) is 60.7 Å². The van der Waals surface area contributed by atoms with Gasteiger partial charge < -0.3 is 15.1 Å². The number of hydrogen-bond donors (Lipinski definition) is 1. The highest BCUT2D eigenvalue weighted by Crippen LogP contribution is 2.11. The van der Waals surface area contributed by atoms with Crippen LogP contribution in [0.4, 0.5) is 0 Å². The van der Waals surface area contributed by atoms with Crippen LogP contribution in [-0.4, -0.2) is 33.1 Å². The van der Waals surface area contributed by atoms with Gasteiger partial charge in [-0.2, -0.15) is 0 Å². The molecule has 0 atom stereocenters. The van der Waals surface area contributed by atoms with Crippen LogP contribution < -0.4 is 5.32 Å². The van der Waals surface area contributed by atoms with Gasteiger partial charge in [-0.25, -0.2) is 0 Å². The lowest BCUT2D eigenvalue weighted by Crippen LogP contribution is -2.41. The lowest BCUT2D eigenvalue weighted by molar-refractivity contribution is 0.346. The molecule has 2 aromatic carbocycles. The van der Waals surface area contributed by atoms with Crippen LogP contribution in [0.15, 0.2) is 60.7 Å². The molecule has 0 saturated carbocycles. The fraction of sp³-hybridized carbons (Fsp3) is 0.222. The molecule has 1 N–H and O–H groups in total. The Morgan fingerprint density at radius 1 is 0.696 bits per heavy atom. The summed E-state index contributed by atoms with van der Waals surface area (Å²) in [5.74, 6) is 0. The molecule has 1 aliphatic rings. The third kappa shape index (κ3) is 4.27. The second-order valence-electron chi connectivity index (χ2n) is 5.55. The summed E-state index contributed by atoms with van der Waals surface area (Å²) >= 11 is 11.0. The van der Waals surface area contributed by atoms with Gasteiger partial charge in [-0.15, -0.1) is 0 Å². The molecule has 0 unspecified atom stereocenters. The van der Waals surface area contributed by atoms with Crippen LogP contribution in [0.1, 0.15) is 11.1 Å². The smallest absolute Gasteiger partial charge is 0.175 e. The van der Waals surface area contributed by atoms with E-state index in [1.165, 1.54) is 11.1 Å². The van der Waals surface area contributed by atoms with Crippen molar-refractivity contribution in [2.45, 2.75) is 13.1 Å². The molecular formula is C18H19N3S2. The van der Waals surface area contributed by atoms with Crippen molar-refractivity contribution in [3.8, 4) is 0 Å². The maximum absolute atomic E-state index is 5.51. The maximum atomic E-state index is 5.51. The Bertz CT molecular complexity index is 614. The van der Waals surface area contributed by atoms with Gasteiger partial charge in [0.25, 0.3) is 0 Å². The van der Waals surface area contributed by atoms with Gasteiger partial charge in [0.15, 0.2) is 10.2 Å². The Hall–Kier alpha value is -1.98. The Morgan fingerprint density at radius 2 is 1.09 bits per heavy atom. The SMILES string of the molecule is S=C1NC(=S)N(Cc2ccccc2)CCN1Cc1ccccc1. The van der Waals surface area contributed by atoms with Crippen LogP contribution in [0.3, 0.4) is 0 Å². The molecule has 0 amide bonds. The maximum Gasteiger partial charge on any atom is 0.175 e. The quantitative estimate of drug-likeness (QED) is 0.859. The third-order valence-corrected chi connectivity index (χ3v) is 4.58. The predicted octanol–water partition coefficient (Wildman–Crippen LogP) is 3.16. The number of nitrogens with zero attached hydrogens (tertiary/aromatic N) is 2. The molecule has 23 heavy (non-hydrogen) atoms. The van der Waals surface area contributed by atoms with E-state index in [1.54, 1.807) is 0 Å². The Morgan fingerprint density at radius 3 is 1.48 bits per heavy atom. The fourth-order valence-corrected chi connectivity index (χ4v) is 3.17. The summed E-state index contributed by atoms with van der Waals surface area (Å²) in [5.41, 5.74) is 2.50. The molecule has 1 aliphatic heterocycles. The van der Waals surface area contributed by atoms with E-state index in [-0.39, 0.29) is 0 Å². The van der Waals surface area contributed by atoms with Gasteiger partial charge >= 0.3 is 0 Å². The van der Waals surface area contributed by atoms with E-state index >= 15 is 0 Å². The lowest BCUT2D eigenvalue weighted by atomic mass is 10.2. The van der Waals surface area contributed by atoms with Crippen molar-refractivity contribution in [1.82, 2.24) is 15.1 Å². The summed E-state index contributed by atoms with van der Waals surface area (Å²) in [6.07, 6.45) is 0. The molecule has 1 fully saturated rings. The van der Waals surface area contributed by atoms with E-state index in [1.807, 2.05) is 12.1 Å². The highest BCUT2D eigenvalue weighted by molar-refractivity contribution is 7.81. The molecular weight excluding hydrogens is 322 g/mol. The minimum Gasteiger partial charge on any atom is -0.343 e. The first kappa shape index (κ1) is 15.9. The van der Waals surface area contributed by atoms with Crippen LogP contribution >= 0.6 is 24.4 Å². The minimum absolute atomic E-state index is 0.703. The van der Waals surface area contributed by atoms with Crippen molar-refractivity contribution >= 4 is 34.7 Å². The zero-order valence-electron chi connectivity index (χ0n) is 12.8. The Kier molecular flexibility index (Phi) is 5.20. The third-order valence-electron chi connectivity index (χ3n) is 3.86. The summed E-state index contributed by atoms with van der Waals surface area (Å²) in [7, 11) is 0. The normalized spacial score (nSPS) is 15.3. The van der Waals surface area contributed by atoms with Crippen LogP contribution in [0, 0.1) is 0 Å². The predicted molar refractivity (Wildman–Crippen MR) is 102 cm³/mol. The van der Waals surface area contributed by atoms with Gasteiger partial charge in [-0.05, 0) is 35.6 Å². The summed E-state index contributed by atoms with van der Waals surface area (Å²) in [5, 5.41) is 4.60. The molecule has 1 saturated heterocycles. The highest BCUT2D eigenvalue weighted by Gasteiger charge is 2.21. The summed E-state index contributed by atoms with van der Waals surface area (Å²) in [6, 6.07) is 20.7. The van der Waals surface area contributed by atoms with Gasteiger partial charge in [0.05, 0.1) is 0 Å². The molecule has 0 bridgehead atoms. The van der Waals surface area contributed by atoms with Crippen LogP contribution in [0.2, 0.25) is 0 Å². The number of nitrogens with one attached hydrogen (secondary N) is 1. The molecule has 5 heteroatoms. The van der Waals surface area contributed by atoms with Gasteiger partial charge in [0, 0.05) is 26.2 Å². The monoisotopic (exact) mass is 341 g/mol. The molecule has 2 aromatic rings. The topological polar surface area (TPSA) is 18.5 Å².